The number of likely N-dealkylation sites (N-methyl/N-ethyl adjacent to an activating group) is 1. The molecule has 0 aliphatic carbocycles. The molecule has 1 aromatic rings. The molecule has 0 saturated carbocycles. The molecule has 0 aliphatic heterocycles. The van der Waals surface area contributed by atoms with Crippen LogP contribution in [-0.4, -0.2) is 45.6 Å². The van der Waals surface area contributed by atoms with Gasteiger partial charge in [-0.05, 0) is 20.4 Å². The molecule has 0 fully saturated rings. The van der Waals surface area contributed by atoms with E-state index in [1.165, 1.54) is 12.8 Å². The normalized spacial score (nSPS) is 13.4. The van der Waals surface area contributed by atoms with E-state index in [0.29, 0.717) is 12.1 Å². The molecule has 1 heterocycles. The van der Waals surface area contributed by atoms with E-state index in [9.17, 15) is 0 Å². The van der Waals surface area contributed by atoms with Gasteiger partial charge in [-0.15, -0.1) is 5.10 Å². The maximum Gasteiger partial charge on any atom is 0.0964 e. The predicted molar refractivity (Wildman–Crippen MR) is 79.0 cm³/mol. The highest BCUT2D eigenvalue weighted by atomic mass is 15.4. The first-order valence-electron chi connectivity index (χ1n) is 7.35. The monoisotopic (exact) mass is 267 g/mol. The summed E-state index contributed by atoms with van der Waals surface area (Å²) in [4.78, 5) is 2.39. The lowest BCUT2D eigenvalue weighted by molar-refractivity contribution is 0.232. The third-order valence-electron chi connectivity index (χ3n) is 3.42. The fourth-order valence-electron chi connectivity index (χ4n) is 1.96. The molecule has 0 amide bonds. The van der Waals surface area contributed by atoms with Gasteiger partial charge in [-0.3, -0.25) is 4.68 Å². The molecule has 0 saturated heterocycles. The van der Waals surface area contributed by atoms with Crippen LogP contribution in [0.3, 0.4) is 0 Å². The third kappa shape index (κ3) is 6.16. The molecule has 5 nitrogen and oxygen atoms in total. The molecule has 1 N–H and O–H groups in total. The van der Waals surface area contributed by atoms with Gasteiger partial charge in [-0.1, -0.05) is 32.4 Å². The molecule has 19 heavy (non-hydrogen) atoms. The molecule has 0 spiro atoms. The van der Waals surface area contributed by atoms with E-state index < -0.39 is 0 Å². The Labute approximate surface area is 117 Å². The predicted octanol–water partition coefficient (Wildman–Crippen LogP) is 1.90. The van der Waals surface area contributed by atoms with E-state index in [-0.39, 0.29) is 0 Å². The lowest BCUT2D eigenvalue weighted by Crippen LogP contribution is -2.32. The number of hydrogen-bond acceptors (Lipinski definition) is 4. The fourth-order valence-corrected chi connectivity index (χ4v) is 1.96. The largest absolute Gasteiger partial charge is 0.309 e. The van der Waals surface area contributed by atoms with E-state index in [2.05, 4.69) is 55.3 Å². The van der Waals surface area contributed by atoms with E-state index in [4.69, 9.17) is 0 Å². The number of nitrogens with zero attached hydrogens (tertiary/aromatic N) is 4. The first-order chi connectivity index (χ1) is 9.02. The van der Waals surface area contributed by atoms with Crippen molar-refractivity contribution in [3.8, 4) is 0 Å². The van der Waals surface area contributed by atoms with Crippen LogP contribution in [-0.2, 0) is 13.1 Å². The molecule has 1 atom stereocenters. The Hall–Kier alpha value is -0.940. The van der Waals surface area contributed by atoms with Crippen molar-refractivity contribution >= 4 is 0 Å². The van der Waals surface area contributed by atoms with Gasteiger partial charge in [0.15, 0.2) is 0 Å². The van der Waals surface area contributed by atoms with Crippen molar-refractivity contribution in [2.24, 2.45) is 0 Å². The van der Waals surface area contributed by atoms with Gasteiger partial charge < -0.3 is 10.2 Å². The zero-order valence-corrected chi connectivity index (χ0v) is 13.1. The zero-order valence-electron chi connectivity index (χ0n) is 13.1. The van der Waals surface area contributed by atoms with Crippen molar-refractivity contribution in [3.63, 3.8) is 0 Å². The topological polar surface area (TPSA) is 46.0 Å². The lowest BCUT2D eigenvalue weighted by atomic mass is 10.2. The summed E-state index contributed by atoms with van der Waals surface area (Å²) in [6.07, 6.45) is 4.52. The van der Waals surface area contributed by atoms with Gasteiger partial charge in [0.1, 0.15) is 0 Å². The molecular formula is C14H29N5. The SMILES string of the molecule is CCCC(C)N(C)CCn1cc(CNC(C)C)nn1. The Kier molecular flexibility index (Phi) is 7.02. The molecule has 5 heteroatoms. The standard InChI is InChI=1S/C14H29N5/c1-6-7-13(4)18(5)8-9-19-11-14(16-17-19)10-15-12(2)3/h11-13,15H,6-10H2,1-5H3. The van der Waals surface area contributed by atoms with Gasteiger partial charge in [-0.25, -0.2) is 0 Å². The molecule has 0 aliphatic rings. The molecular weight excluding hydrogens is 238 g/mol. The third-order valence-corrected chi connectivity index (χ3v) is 3.42. The summed E-state index contributed by atoms with van der Waals surface area (Å²) in [5, 5.41) is 11.7. The second kappa shape index (κ2) is 8.27. The summed E-state index contributed by atoms with van der Waals surface area (Å²) in [7, 11) is 2.18. The van der Waals surface area contributed by atoms with Crippen LogP contribution in [0.2, 0.25) is 0 Å². The number of aromatic nitrogens is 3. The molecule has 110 valence electrons. The zero-order chi connectivity index (χ0) is 14.3. The Morgan fingerprint density at radius 1 is 1.37 bits per heavy atom. The van der Waals surface area contributed by atoms with Crippen molar-refractivity contribution in [2.75, 3.05) is 13.6 Å². The van der Waals surface area contributed by atoms with E-state index in [1.807, 2.05) is 10.9 Å². The number of nitrogens with one attached hydrogen (secondary N) is 1. The highest BCUT2D eigenvalue weighted by molar-refractivity contribution is 4.91. The minimum atomic E-state index is 0.478. The van der Waals surface area contributed by atoms with Crippen LogP contribution in [0.4, 0.5) is 0 Å². The van der Waals surface area contributed by atoms with Gasteiger partial charge in [0.2, 0.25) is 0 Å². The highest BCUT2D eigenvalue weighted by Gasteiger charge is 2.08. The van der Waals surface area contributed by atoms with Crippen LogP contribution in [0.5, 0.6) is 0 Å². The van der Waals surface area contributed by atoms with Crippen LogP contribution >= 0.6 is 0 Å². The van der Waals surface area contributed by atoms with E-state index in [1.54, 1.807) is 0 Å². The minimum Gasteiger partial charge on any atom is -0.309 e. The van der Waals surface area contributed by atoms with Crippen molar-refractivity contribution in [1.29, 1.82) is 0 Å². The highest BCUT2D eigenvalue weighted by Crippen LogP contribution is 2.04. The average Bonchev–Trinajstić information content (AvgIpc) is 2.81. The number of hydrogen-bond donors (Lipinski definition) is 1. The van der Waals surface area contributed by atoms with Gasteiger partial charge >= 0.3 is 0 Å². The van der Waals surface area contributed by atoms with Crippen LogP contribution < -0.4 is 5.32 Å². The minimum absolute atomic E-state index is 0.478. The summed E-state index contributed by atoms with van der Waals surface area (Å²) in [5.74, 6) is 0. The van der Waals surface area contributed by atoms with E-state index >= 15 is 0 Å². The van der Waals surface area contributed by atoms with Crippen LogP contribution in [0.1, 0.15) is 46.2 Å². The Balaban J connectivity index is 2.33. The van der Waals surface area contributed by atoms with Gasteiger partial charge in [0.25, 0.3) is 0 Å². The summed E-state index contributed by atoms with van der Waals surface area (Å²) in [5.41, 5.74) is 1.01. The molecule has 1 unspecified atom stereocenters. The maximum atomic E-state index is 4.18. The molecule has 1 aromatic heterocycles. The molecule has 0 aromatic carbocycles. The van der Waals surface area contributed by atoms with Crippen molar-refractivity contribution in [1.82, 2.24) is 25.2 Å². The van der Waals surface area contributed by atoms with E-state index in [0.717, 1.165) is 25.3 Å². The Morgan fingerprint density at radius 2 is 2.11 bits per heavy atom. The smallest absolute Gasteiger partial charge is 0.0964 e. The average molecular weight is 267 g/mol. The van der Waals surface area contributed by atoms with Crippen LogP contribution in [0.15, 0.2) is 6.20 Å². The van der Waals surface area contributed by atoms with Gasteiger partial charge in [0, 0.05) is 31.4 Å². The molecule has 0 bridgehead atoms. The maximum absolute atomic E-state index is 4.18. The first-order valence-corrected chi connectivity index (χ1v) is 7.35. The Morgan fingerprint density at radius 3 is 2.74 bits per heavy atom. The van der Waals surface area contributed by atoms with Gasteiger partial charge in [0.05, 0.1) is 12.2 Å². The second-order valence-corrected chi connectivity index (χ2v) is 5.63. The molecule has 1 rings (SSSR count). The first kappa shape index (κ1) is 16.1. The summed E-state index contributed by atoms with van der Waals surface area (Å²) in [6.45, 7) is 11.5. The summed E-state index contributed by atoms with van der Waals surface area (Å²) >= 11 is 0. The lowest BCUT2D eigenvalue weighted by Gasteiger charge is -2.23. The van der Waals surface area contributed by atoms with Crippen LogP contribution in [0.25, 0.3) is 0 Å². The summed E-state index contributed by atoms with van der Waals surface area (Å²) in [6, 6.07) is 1.11. The van der Waals surface area contributed by atoms with Crippen LogP contribution in [0, 0.1) is 0 Å². The van der Waals surface area contributed by atoms with Crippen molar-refractivity contribution in [3.05, 3.63) is 11.9 Å². The molecule has 0 radical (unpaired) electrons. The van der Waals surface area contributed by atoms with Crippen molar-refractivity contribution in [2.45, 2.75) is 65.7 Å². The van der Waals surface area contributed by atoms with Crippen molar-refractivity contribution < 1.29 is 0 Å². The fraction of sp³-hybridized carbons (Fsp3) is 0.857. The van der Waals surface area contributed by atoms with Gasteiger partial charge in [-0.2, -0.15) is 0 Å². The quantitative estimate of drug-likeness (QED) is 0.742. The second-order valence-electron chi connectivity index (χ2n) is 5.63. The Bertz CT molecular complexity index is 347. The number of rotatable bonds is 9. The summed E-state index contributed by atoms with van der Waals surface area (Å²) < 4.78 is 1.94.